The largest absolute Gasteiger partial charge is 0.494 e. The number of amides is 1. The van der Waals surface area contributed by atoms with E-state index < -0.39 is 24.2 Å². The van der Waals surface area contributed by atoms with Crippen LogP contribution in [-0.4, -0.2) is 55.0 Å². The molecule has 10 nitrogen and oxygen atoms in total. The minimum atomic E-state index is -4.53. The van der Waals surface area contributed by atoms with Crippen molar-refractivity contribution in [3.8, 4) is 5.75 Å². The van der Waals surface area contributed by atoms with E-state index in [0.717, 1.165) is 0 Å². The minimum Gasteiger partial charge on any atom is -0.494 e. The average molecular weight is 492 g/mol. The molecule has 0 bridgehead atoms. The molecule has 0 aliphatic carbocycles. The molecule has 13 heteroatoms. The number of carbonyl (C=O) groups is 1. The molecule has 1 heterocycles. The number of nitrogens with one attached hydrogen (secondary N) is 2. The number of aliphatic hydroxyl groups is 1. The van der Waals surface area contributed by atoms with Crippen LogP contribution in [-0.2, 0) is 16.0 Å². The number of alkyl halides is 3. The number of nitrogens with zero attached hydrogens (tertiary/aromatic N) is 4. The maximum Gasteiger partial charge on any atom is 0.402 e. The molecule has 0 unspecified atom stereocenters. The zero-order valence-electron chi connectivity index (χ0n) is 18.5. The van der Waals surface area contributed by atoms with Crippen molar-refractivity contribution in [3.05, 3.63) is 70.1 Å². The number of hydrogen-bond acceptors (Lipinski definition) is 7. The number of aliphatic hydroxyl groups excluding tert-OH is 1. The van der Waals surface area contributed by atoms with Crippen molar-refractivity contribution in [2.75, 3.05) is 26.4 Å². The monoisotopic (exact) mass is 492 g/mol. The van der Waals surface area contributed by atoms with Gasteiger partial charge in [-0.1, -0.05) is 29.4 Å². The Morgan fingerprint density at radius 1 is 1.26 bits per heavy atom. The molecule has 0 saturated heterocycles. The fourth-order valence-electron chi connectivity index (χ4n) is 3.29. The fraction of sp³-hybridized carbons (Fsp3) is 0.364. The van der Waals surface area contributed by atoms with Crippen LogP contribution in [0.15, 0.2) is 58.6 Å². The molecule has 3 rings (SSSR count). The number of hydrazine groups is 1. The number of halogens is 3. The van der Waals surface area contributed by atoms with Crippen molar-refractivity contribution in [2.45, 2.75) is 24.6 Å². The Morgan fingerprint density at radius 3 is 2.69 bits per heavy atom. The molecule has 1 aliphatic heterocycles. The van der Waals surface area contributed by atoms with Gasteiger partial charge in [0.2, 0.25) is 5.90 Å². The van der Waals surface area contributed by atoms with Crippen LogP contribution in [0.5, 0.6) is 5.75 Å². The maximum absolute atomic E-state index is 13.0. The first-order chi connectivity index (χ1) is 16.8. The van der Waals surface area contributed by atoms with Crippen LogP contribution >= 0.6 is 0 Å². The van der Waals surface area contributed by atoms with Gasteiger partial charge in [0.1, 0.15) is 18.9 Å². The number of benzene rings is 2. The van der Waals surface area contributed by atoms with Gasteiger partial charge in [-0.3, -0.25) is 10.2 Å². The number of rotatable bonds is 11. The van der Waals surface area contributed by atoms with Crippen LogP contribution in [0, 0.1) is 0 Å². The summed E-state index contributed by atoms with van der Waals surface area (Å²) in [6.07, 6.45) is -4.14. The maximum atomic E-state index is 13.0. The normalized spacial score (nSPS) is 17.2. The topological polar surface area (TPSA) is 141 Å². The van der Waals surface area contributed by atoms with Gasteiger partial charge in [-0.05, 0) is 35.4 Å². The van der Waals surface area contributed by atoms with E-state index in [1.54, 1.807) is 48.5 Å². The third-order valence-electron chi connectivity index (χ3n) is 4.98. The molecule has 1 aliphatic rings. The predicted molar refractivity (Wildman–Crippen MR) is 120 cm³/mol. The highest BCUT2D eigenvalue weighted by Gasteiger charge is 2.45. The van der Waals surface area contributed by atoms with E-state index in [-0.39, 0.29) is 31.2 Å². The summed E-state index contributed by atoms with van der Waals surface area (Å²) in [5.74, 6) is -0.153. The van der Waals surface area contributed by atoms with E-state index in [1.807, 2.05) is 5.43 Å². The molecule has 2 aromatic rings. The molecule has 0 saturated carbocycles. The SMILES string of the molecule is [N-]=[N+]=Nc1ccccc1C[C@@]1(C(=O)NNCC(F)(F)F)COC(c2ccc(OCCCO)cc2)=N1. The van der Waals surface area contributed by atoms with Crippen molar-refractivity contribution < 1.29 is 32.5 Å². The highest BCUT2D eigenvalue weighted by Crippen LogP contribution is 2.31. The molecule has 35 heavy (non-hydrogen) atoms. The first-order valence-electron chi connectivity index (χ1n) is 10.6. The van der Waals surface area contributed by atoms with Crippen molar-refractivity contribution in [2.24, 2.45) is 10.1 Å². The average Bonchev–Trinajstić information content (AvgIpc) is 3.26. The van der Waals surface area contributed by atoms with Gasteiger partial charge in [-0.25, -0.2) is 10.4 Å². The zero-order chi connectivity index (χ0) is 25.3. The van der Waals surface area contributed by atoms with Gasteiger partial charge in [-0.15, -0.1) is 0 Å². The Bertz CT molecular complexity index is 1100. The van der Waals surface area contributed by atoms with Crippen LogP contribution in [0.3, 0.4) is 0 Å². The number of carbonyl (C=O) groups excluding carboxylic acids is 1. The van der Waals surface area contributed by atoms with E-state index >= 15 is 0 Å². The smallest absolute Gasteiger partial charge is 0.402 e. The lowest BCUT2D eigenvalue weighted by atomic mass is 9.91. The molecule has 3 N–H and O–H groups in total. The van der Waals surface area contributed by atoms with Gasteiger partial charge < -0.3 is 14.6 Å². The number of aliphatic imine (C=N–C) groups is 1. The van der Waals surface area contributed by atoms with Crippen LogP contribution < -0.4 is 15.6 Å². The van der Waals surface area contributed by atoms with E-state index in [1.165, 1.54) is 0 Å². The van der Waals surface area contributed by atoms with Crippen LogP contribution in [0.2, 0.25) is 0 Å². The van der Waals surface area contributed by atoms with Gasteiger partial charge >= 0.3 is 6.18 Å². The first-order valence-corrected chi connectivity index (χ1v) is 10.6. The Hall–Kier alpha value is -3.80. The lowest BCUT2D eigenvalue weighted by molar-refractivity contribution is -0.135. The van der Waals surface area contributed by atoms with Gasteiger partial charge in [0.05, 0.1) is 6.61 Å². The summed E-state index contributed by atoms with van der Waals surface area (Å²) >= 11 is 0. The van der Waals surface area contributed by atoms with Crippen molar-refractivity contribution >= 4 is 17.5 Å². The summed E-state index contributed by atoms with van der Waals surface area (Å²) in [4.78, 5) is 20.3. The molecule has 0 aromatic heterocycles. The molecule has 0 fully saturated rings. The van der Waals surface area contributed by atoms with Gasteiger partial charge in [0.25, 0.3) is 5.91 Å². The van der Waals surface area contributed by atoms with Crippen LogP contribution in [0.1, 0.15) is 17.5 Å². The second kappa shape index (κ2) is 11.6. The van der Waals surface area contributed by atoms with Crippen LogP contribution in [0.25, 0.3) is 10.4 Å². The Kier molecular flexibility index (Phi) is 8.53. The standard InChI is InChI=1S/C22H23F3N6O4/c23-22(24,25)13-27-30-20(33)21(12-16-4-1-2-5-18(16)29-31-26)14-35-19(28-21)15-6-8-17(9-7-15)34-11-3-10-32/h1-2,4-9,27,32H,3,10-14H2,(H,30,33)/t21-/m0/s1. The Labute approximate surface area is 198 Å². The minimum absolute atomic E-state index is 0.00745. The first kappa shape index (κ1) is 25.8. The Morgan fingerprint density at radius 2 is 2.00 bits per heavy atom. The number of azide groups is 1. The second-order valence-corrected chi connectivity index (χ2v) is 7.61. The van der Waals surface area contributed by atoms with E-state index in [9.17, 15) is 18.0 Å². The third kappa shape index (κ3) is 7.09. The molecular formula is C22H23F3N6O4. The van der Waals surface area contributed by atoms with Crippen molar-refractivity contribution in [1.29, 1.82) is 0 Å². The summed E-state index contributed by atoms with van der Waals surface area (Å²) in [6, 6.07) is 13.2. The number of ether oxygens (including phenoxy) is 2. The van der Waals surface area contributed by atoms with E-state index in [4.69, 9.17) is 20.1 Å². The van der Waals surface area contributed by atoms with Crippen molar-refractivity contribution in [3.63, 3.8) is 0 Å². The molecule has 2 aromatic carbocycles. The fourth-order valence-corrected chi connectivity index (χ4v) is 3.29. The van der Waals surface area contributed by atoms with Gasteiger partial charge in [0.15, 0.2) is 5.54 Å². The lowest BCUT2D eigenvalue weighted by Gasteiger charge is -2.24. The summed E-state index contributed by atoms with van der Waals surface area (Å²) in [6.45, 7) is -1.33. The summed E-state index contributed by atoms with van der Waals surface area (Å²) in [7, 11) is 0. The molecule has 1 amide bonds. The molecule has 0 spiro atoms. The highest BCUT2D eigenvalue weighted by atomic mass is 19.4. The Balaban J connectivity index is 1.87. The highest BCUT2D eigenvalue weighted by molar-refractivity contribution is 6.00. The predicted octanol–water partition coefficient (Wildman–Crippen LogP) is 3.33. The summed E-state index contributed by atoms with van der Waals surface area (Å²) < 4.78 is 48.8. The molecular weight excluding hydrogens is 469 g/mol. The van der Waals surface area contributed by atoms with Crippen LogP contribution in [0.4, 0.5) is 18.9 Å². The second-order valence-electron chi connectivity index (χ2n) is 7.61. The molecule has 0 radical (unpaired) electrons. The van der Waals surface area contributed by atoms with Crippen molar-refractivity contribution in [1.82, 2.24) is 10.9 Å². The summed E-state index contributed by atoms with van der Waals surface area (Å²) in [5.41, 5.74) is 12.4. The number of hydrogen-bond donors (Lipinski definition) is 3. The summed E-state index contributed by atoms with van der Waals surface area (Å²) in [5, 5.41) is 12.5. The third-order valence-corrected chi connectivity index (χ3v) is 4.98. The molecule has 1 atom stereocenters. The lowest BCUT2D eigenvalue weighted by Crippen LogP contribution is -2.54. The zero-order valence-corrected chi connectivity index (χ0v) is 18.5. The molecule has 186 valence electrons. The van der Waals surface area contributed by atoms with Gasteiger partial charge in [0, 0.05) is 35.6 Å². The van der Waals surface area contributed by atoms with E-state index in [2.05, 4.69) is 20.4 Å². The quantitative estimate of drug-likeness (QED) is 0.145. The van der Waals surface area contributed by atoms with Gasteiger partial charge in [-0.2, -0.15) is 13.2 Å². The van der Waals surface area contributed by atoms with E-state index in [0.29, 0.717) is 29.9 Å².